The van der Waals surface area contributed by atoms with E-state index in [0.717, 1.165) is 0 Å². The summed E-state index contributed by atoms with van der Waals surface area (Å²) in [5, 5.41) is 0. The summed E-state index contributed by atoms with van der Waals surface area (Å²) < 4.78 is 38.6. The van der Waals surface area contributed by atoms with Crippen molar-refractivity contribution in [2.75, 3.05) is 6.67 Å². The van der Waals surface area contributed by atoms with Crippen molar-refractivity contribution in [3.8, 4) is 0 Å². The zero-order valence-corrected chi connectivity index (χ0v) is 9.71. The Labute approximate surface area is 93.4 Å². The zero-order chi connectivity index (χ0) is 11.7. The lowest BCUT2D eigenvalue weighted by Crippen LogP contribution is -2.10. The summed E-state index contributed by atoms with van der Waals surface area (Å²) in [6.07, 6.45) is 0. The fourth-order valence-electron chi connectivity index (χ4n) is 1.41. The second kappa shape index (κ2) is 4.35. The van der Waals surface area contributed by atoms with E-state index in [1.54, 1.807) is 0 Å². The number of alkyl halides is 1. The summed E-state index contributed by atoms with van der Waals surface area (Å²) in [7, 11) is 0. The minimum atomic E-state index is -1.26. The predicted octanol–water partition coefficient (Wildman–Crippen LogP) is 3.50. The highest BCUT2D eigenvalue weighted by Crippen LogP contribution is 2.29. The van der Waals surface area contributed by atoms with E-state index in [1.807, 2.05) is 0 Å². The molecule has 0 unspecified atom stereocenters. The molecule has 0 saturated heterocycles. The van der Waals surface area contributed by atoms with Crippen molar-refractivity contribution >= 4 is 21.7 Å². The van der Waals surface area contributed by atoms with E-state index in [1.165, 1.54) is 13.8 Å². The first kappa shape index (κ1) is 12.2. The highest BCUT2D eigenvalue weighted by atomic mass is 79.9. The second-order valence-corrected chi connectivity index (χ2v) is 3.92. The van der Waals surface area contributed by atoms with E-state index in [2.05, 4.69) is 15.9 Å². The molecular weight excluding hydrogens is 273 g/mol. The van der Waals surface area contributed by atoms with Gasteiger partial charge in [0.05, 0.1) is 4.47 Å². The maximum atomic E-state index is 13.4. The number of carbonyl (C=O) groups is 1. The number of hydrogen-bond donors (Lipinski definition) is 0. The Kier molecular flexibility index (Phi) is 3.54. The van der Waals surface area contributed by atoms with Crippen LogP contribution in [0.15, 0.2) is 4.47 Å². The molecule has 82 valence electrons. The lowest BCUT2D eigenvalue weighted by atomic mass is 9.98. The van der Waals surface area contributed by atoms with Gasteiger partial charge >= 0.3 is 0 Å². The van der Waals surface area contributed by atoms with E-state index in [9.17, 15) is 18.0 Å². The molecule has 1 rings (SSSR count). The van der Waals surface area contributed by atoms with E-state index in [0.29, 0.717) is 0 Å². The van der Waals surface area contributed by atoms with Crippen molar-refractivity contribution in [3.05, 3.63) is 32.8 Å². The normalized spacial score (nSPS) is 10.5. The smallest absolute Gasteiger partial charge is 0.194 e. The first-order chi connectivity index (χ1) is 6.91. The molecule has 0 fully saturated rings. The monoisotopic (exact) mass is 280 g/mol. The van der Waals surface area contributed by atoms with E-state index < -0.39 is 24.1 Å². The Balaban J connectivity index is 3.60. The van der Waals surface area contributed by atoms with Crippen LogP contribution in [0.2, 0.25) is 0 Å². The van der Waals surface area contributed by atoms with Crippen LogP contribution in [0.4, 0.5) is 13.2 Å². The minimum absolute atomic E-state index is 0.0385. The van der Waals surface area contributed by atoms with Crippen LogP contribution in [-0.2, 0) is 0 Å². The molecule has 5 heteroatoms. The van der Waals surface area contributed by atoms with Gasteiger partial charge < -0.3 is 0 Å². The van der Waals surface area contributed by atoms with Gasteiger partial charge in [0.15, 0.2) is 12.5 Å². The molecule has 0 bridgehead atoms. The summed E-state index contributed by atoms with van der Waals surface area (Å²) in [4.78, 5) is 11.1. The number of halogens is 4. The number of carbonyl (C=O) groups excluding carboxylic acids is 1. The van der Waals surface area contributed by atoms with Crippen LogP contribution in [0.25, 0.3) is 0 Å². The van der Waals surface area contributed by atoms with Crippen LogP contribution < -0.4 is 0 Å². The topological polar surface area (TPSA) is 17.1 Å². The minimum Gasteiger partial charge on any atom is -0.291 e. The lowest BCUT2D eigenvalue weighted by Gasteiger charge is -2.11. The highest BCUT2D eigenvalue weighted by molar-refractivity contribution is 9.10. The van der Waals surface area contributed by atoms with Gasteiger partial charge in [0.1, 0.15) is 11.6 Å². The van der Waals surface area contributed by atoms with Crippen molar-refractivity contribution in [1.29, 1.82) is 0 Å². The van der Waals surface area contributed by atoms with E-state index in [-0.39, 0.29) is 21.2 Å². The fraction of sp³-hybridized carbons (Fsp3) is 0.300. The van der Waals surface area contributed by atoms with Crippen molar-refractivity contribution in [2.24, 2.45) is 0 Å². The van der Waals surface area contributed by atoms with Gasteiger partial charge in [-0.15, -0.1) is 0 Å². The maximum absolute atomic E-state index is 13.4. The maximum Gasteiger partial charge on any atom is 0.194 e. The van der Waals surface area contributed by atoms with Crippen LogP contribution in [0.3, 0.4) is 0 Å². The molecule has 1 aromatic carbocycles. The van der Waals surface area contributed by atoms with Gasteiger partial charge in [0.2, 0.25) is 0 Å². The number of ketones is 1. The van der Waals surface area contributed by atoms with E-state index in [4.69, 9.17) is 0 Å². The number of benzene rings is 1. The zero-order valence-electron chi connectivity index (χ0n) is 8.13. The number of rotatable bonds is 2. The molecule has 0 aliphatic heterocycles. The Morgan fingerprint density at radius 3 is 1.93 bits per heavy atom. The molecule has 0 amide bonds. The van der Waals surface area contributed by atoms with Crippen molar-refractivity contribution in [1.82, 2.24) is 0 Å². The van der Waals surface area contributed by atoms with Crippen LogP contribution >= 0.6 is 15.9 Å². The average molecular weight is 281 g/mol. The van der Waals surface area contributed by atoms with Crippen LogP contribution in [0, 0.1) is 25.5 Å². The molecule has 0 aliphatic rings. The third-order valence-corrected chi connectivity index (χ3v) is 2.89. The van der Waals surface area contributed by atoms with Crippen LogP contribution in [0.1, 0.15) is 21.5 Å². The molecule has 0 aromatic heterocycles. The van der Waals surface area contributed by atoms with Crippen LogP contribution in [0.5, 0.6) is 0 Å². The van der Waals surface area contributed by atoms with Gasteiger partial charge in [-0.1, -0.05) is 0 Å². The fourth-order valence-corrected chi connectivity index (χ4v) is 2.01. The van der Waals surface area contributed by atoms with Gasteiger partial charge in [-0.3, -0.25) is 4.79 Å². The average Bonchev–Trinajstić information content (AvgIpc) is 2.23. The van der Waals surface area contributed by atoms with Gasteiger partial charge in [-0.25, -0.2) is 13.2 Å². The van der Waals surface area contributed by atoms with Crippen molar-refractivity contribution < 1.29 is 18.0 Å². The molecule has 0 radical (unpaired) electrons. The quantitative estimate of drug-likeness (QED) is 0.599. The standard InChI is InChI=1S/C10H8BrF3O/c1-4-7(6(15)3-12)5(2)10(14)8(11)9(4)13/h3H2,1-2H3. The molecular formula is C10H8BrF3O. The van der Waals surface area contributed by atoms with Gasteiger partial charge in [-0.2, -0.15) is 0 Å². The van der Waals surface area contributed by atoms with E-state index >= 15 is 0 Å². The van der Waals surface area contributed by atoms with Gasteiger partial charge in [0.25, 0.3) is 0 Å². The van der Waals surface area contributed by atoms with Crippen LogP contribution in [-0.4, -0.2) is 12.5 Å². The second-order valence-electron chi connectivity index (χ2n) is 3.12. The van der Waals surface area contributed by atoms with Gasteiger partial charge in [0, 0.05) is 5.56 Å². The summed E-state index contributed by atoms with van der Waals surface area (Å²) in [6, 6.07) is 0. The molecule has 15 heavy (non-hydrogen) atoms. The Morgan fingerprint density at radius 1 is 1.20 bits per heavy atom. The van der Waals surface area contributed by atoms with Crippen molar-refractivity contribution in [3.63, 3.8) is 0 Å². The number of hydrogen-bond acceptors (Lipinski definition) is 1. The molecule has 0 N–H and O–H groups in total. The molecule has 1 nitrogen and oxygen atoms in total. The predicted molar refractivity (Wildman–Crippen MR) is 53.8 cm³/mol. The summed E-state index contributed by atoms with van der Waals surface area (Å²) in [6.45, 7) is 1.37. The largest absolute Gasteiger partial charge is 0.291 e. The Morgan fingerprint density at radius 2 is 1.60 bits per heavy atom. The SMILES string of the molecule is Cc1c(F)c(Br)c(F)c(C)c1C(=O)CF. The molecule has 0 saturated carbocycles. The lowest BCUT2D eigenvalue weighted by molar-refractivity contribution is 0.0956. The summed E-state index contributed by atoms with van der Waals surface area (Å²) >= 11 is 2.73. The first-order valence-corrected chi connectivity index (χ1v) is 4.93. The molecule has 1 aromatic rings. The Hall–Kier alpha value is -0.840. The van der Waals surface area contributed by atoms with Crippen molar-refractivity contribution in [2.45, 2.75) is 13.8 Å². The third-order valence-electron chi connectivity index (χ3n) is 2.19. The molecule has 0 aliphatic carbocycles. The highest BCUT2D eigenvalue weighted by Gasteiger charge is 2.22. The Bertz CT molecular complexity index is 400. The summed E-state index contributed by atoms with van der Waals surface area (Å²) in [5.41, 5.74) is -0.289. The van der Waals surface area contributed by atoms with Gasteiger partial charge in [-0.05, 0) is 40.9 Å². The third kappa shape index (κ3) is 1.93. The summed E-state index contributed by atoms with van der Waals surface area (Å²) in [5.74, 6) is -2.64. The molecule has 0 atom stereocenters. The molecule has 0 spiro atoms. The number of Topliss-reactive ketones (excluding diaryl/α,β-unsaturated/α-hetero) is 1. The first-order valence-electron chi connectivity index (χ1n) is 4.14. The molecule has 0 heterocycles.